The number of hydrogen-bond donors (Lipinski definition) is 4. The maximum absolute atomic E-state index is 15.2. The lowest BCUT2D eigenvalue weighted by Crippen LogP contribution is -2.59. The summed E-state index contributed by atoms with van der Waals surface area (Å²) < 4.78 is 10.3. The average Bonchev–Trinajstić information content (AvgIpc) is 3.35. The quantitative estimate of drug-likeness (QED) is 0.0408. The first-order valence-corrected chi connectivity index (χ1v) is 25.7. The standard InChI is InChI=1S/C58H64N4O7S2/c1-56(2,3)68-50(63)38-59-52(64)47(37-41-25-13-7-14-26-41)60-53(65)48(39-70-51(42-27-15-8-16-28-42)43-29-17-9-18-30-43)61-54(66)49(62-55(67)69-57(4,5)6)40-71-58(44-31-19-10-20-32-44,45-33-21-11-22-34-45)46-35-23-12-24-36-46/h7-36,47-49,51H,37-40H2,1-6H3,(H,59,64)(H,60,65)(H,61,66)(H,62,67). The van der Waals surface area contributed by atoms with E-state index in [1.807, 2.05) is 182 Å². The van der Waals surface area contributed by atoms with Crippen LogP contribution in [0.25, 0.3) is 0 Å². The zero-order chi connectivity index (χ0) is 50.9. The van der Waals surface area contributed by atoms with Gasteiger partial charge in [0.25, 0.3) is 0 Å². The number of alkyl carbamates (subject to hydrolysis) is 1. The van der Waals surface area contributed by atoms with Gasteiger partial charge in [-0.15, -0.1) is 23.5 Å². The summed E-state index contributed by atoms with van der Waals surface area (Å²) in [5, 5.41) is 11.2. The average molecular weight is 993 g/mol. The van der Waals surface area contributed by atoms with E-state index < -0.39 is 70.4 Å². The number of benzene rings is 6. The van der Waals surface area contributed by atoms with Gasteiger partial charge in [-0.1, -0.05) is 182 Å². The van der Waals surface area contributed by atoms with E-state index in [-0.39, 0.29) is 23.2 Å². The summed E-state index contributed by atoms with van der Waals surface area (Å²) in [5.41, 5.74) is 3.92. The lowest BCUT2D eigenvalue weighted by Gasteiger charge is -2.36. The summed E-state index contributed by atoms with van der Waals surface area (Å²) in [6.45, 7) is 10.00. The molecule has 0 bridgehead atoms. The normalized spacial score (nSPS) is 12.9. The van der Waals surface area contributed by atoms with Crippen LogP contribution in [0.15, 0.2) is 182 Å². The van der Waals surface area contributed by atoms with Crippen LogP contribution in [0.1, 0.15) is 80.2 Å². The molecule has 0 aliphatic carbocycles. The van der Waals surface area contributed by atoms with Gasteiger partial charge in [0.1, 0.15) is 35.9 Å². The topological polar surface area (TPSA) is 152 Å². The van der Waals surface area contributed by atoms with Crippen molar-refractivity contribution in [3.63, 3.8) is 0 Å². The molecule has 4 amide bonds. The SMILES string of the molecule is CC(C)(C)OC(=O)CNC(=O)C(Cc1ccccc1)NC(=O)C(CSC(c1ccccc1)c1ccccc1)NC(=O)C(CSC(c1ccccc1)(c1ccccc1)c1ccccc1)NC(=O)OC(C)(C)C. The van der Waals surface area contributed by atoms with Gasteiger partial charge < -0.3 is 30.7 Å². The van der Waals surface area contributed by atoms with Crippen LogP contribution < -0.4 is 21.3 Å². The Labute approximate surface area is 426 Å². The zero-order valence-electron chi connectivity index (χ0n) is 41.1. The van der Waals surface area contributed by atoms with Gasteiger partial charge in [0.2, 0.25) is 17.7 Å². The van der Waals surface area contributed by atoms with Crippen LogP contribution >= 0.6 is 23.5 Å². The minimum atomic E-state index is -1.24. The van der Waals surface area contributed by atoms with Gasteiger partial charge in [-0.05, 0) is 74.9 Å². The molecular weight excluding hydrogens is 929 g/mol. The van der Waals surface area contributed by atoms with Crippen LogP contribution in [0.5, 0.6) is 0 Å². The minimum absolute atomic E-state index is 0.0333. The van der Waals surface area contributed by atoms with Gasteiger partial charge in [0.15, 0.2) is 0 Å². The maximum atomic E-state index is 15.2. The second-order valence-electron chi connectivity index (χ2n) is 18.9. The Hall–Kier alpha value is -6.83. The molecule has 0 aliphatic rings. The third kappa shape index (κ3) is 16.1. The Balaban J connectivity index is 1.38. The van der Waals surface area contributed by atoms with Crippen LogP contribution in [0.3, 0.4) is 0 Å². The number of ether oxygens (including phenoxy) is 2. The molecule has 13 heteroatoms. The molecule has 0 aromatic heterocycles. The molecule has 6 aromatic rings. The molecule has 3 unspecified atom stereocenters. The number of thioether (sulfide) groups is 2. The highest BCUT2D eigenvalue weighted by atomic mass is 32.2. The van der Waals surface area contributed by atoms with E-state index in [0.29, 0.717) is 0 Å². The molecule has 6 rings (SSSR count). The van der Waals surface area contributed by atoms with Crippen molar-refractivity contribution in [2.75, 3.05) is 18.1 Å². The molecule has 0 spiro atoms. The van der Waals surface area contributed by atoms with Crippen molar-refractivity contribution in [3.05, 3.63) is 215 Å². The fourth-order valence-electron chi connectivity index (χ4n) is 7.89. The second kappa shape index (κ2) is 25.3. The first-order valence-electron chi connectivity index (χ1n) is 23.7. The smallest absolute Gasteiger partial charge is 0.408 e. The lowest BCUT2D eigenvalue weighted by molar-refractivity contribution is -0.154. The van der Waals surface area contributed by atoms with Gasteiger partial charge in [0.05, 0.1) is 10.00 Å². The van der Waals surface area contributed by atoms with E-state index in [1.165, 1.54) is 23.5 Å². The summed E-state index contributed by atoms with van der Waals surface area (Å²) in [7, 11) is 0. The Morgan fingerprint density at radius 1 is 0.465 bits per heavy atom. The van der Waals surface area contributed by atoms with Gasteiger partial charge >= 0.3 is 12.1 Å². The van der Waals surface area contributed by atoms with Crippen LogP contribution in [-0.2, 0) is 39.8 Å². The Morgan fingerprint density at radius 2 is 0.859 bits per heavy atom. The molecule has 0 heterocycles. The molecule has 71 heavy (non-hydrogen) atoms. The number of amides is 4. The number of hydrogen-bond acceptors (Lipinski definition) is 9. The van der Waals surface area contributed by atoms with Gasteiger partial charge in [-0.25, -0.2) is 4.79 Å². The van der Waals surface area contributed by atoms with Crippen LogP contribution in [0.4, 0.5) is 4.79 Å². The molecule has 370 valence electrons. The fraction of sp³-hybridized carbons (Fsp3) is 0.293. The number of nitrogens with one attached hydrogen (secondary N) is 4. The summed E-state index contributed by atoms with van der Waals surface area (Å²) in [4.78, 5) is 70.6. The van der Waals surface area contributed by atoms with E-state index in [2.05, 4.69) is 21.3 Å². The van der Waals surface area contributed by atoms with Crippen LogP contribution in [-0.4, -0.2) is 77.2 Å². The van der Waals surface area contributed by atoms with Crippen LogP contribution in [0, 0.1) is 0 Å². The van der Waals surface area contributed by atoms with Crippen molar-refractivity contribution in [1.82, 2.24) is 21.3 Å². The summed E-state index contributed by atoms with van der Waals surface area (Å²) in [6.07, 6.45) is -0.729. The van der Waals surface area contributed by atoms with Crippen molar-refractivity contribution in [2.24, 2.45) is 0 Å². The third-order valence-corrected chi connectivity index (χ3v) is 14.1. The Bertz CT molecular complexity index is 2500. The maximum Gasteiger partial charge on any atom is 0.408 e. The van der Waals surface area contributed by atoms with Crippen LogP contribution in [0.2, 0.25) is 0 Å². The summed E-state index contributed by atoms with van der Waals surface area (Å²) in [5.74, 6) is -2.45. The molecule has 0 saturated heterocycles. The predicted octanol–water partition coefficient (Wildman–Crippen LogP) is 9.80. The number of esters is 1. The molecule has 0 aliphatic heterocycles. The number of rotatable bonds is 21. The van der Waals surface area contributed by atoms with E-state index in [1.54, 1.807) is 41.5 Å². The highest BCUT2D eigenvalue weighted by molar-refractivity contribution is 8.00. The highest BCUT2D eigenvalue weighted by Gasteiger charge is 2.40. The second-order valence-corrected chi connectivity index (χ2v) is 21.3. The fourth-order valence-corrected chi connectivity index (χ4v) is 10.8. The molecule has 0 saturated carbocycles. The summed E-state index contributed by atoms with van der Waals surface area (Å²) in [6, 6.07) is 55.3. The lowest BCUT2D eigenvalue weighted by atomic mass is 9.84. The van der Waals surface area contributed by atoms with Gasteiger partial charge in [-0.2, -0.15) is 0 Å². The van der Waals surface area contributed by atoms with Crippen molar-refractivity contribution < 1.29 is 33.4 Å². The van der Waals surface area contributed by atoms with E-state index in [4.69, 9.17) is 9.47 Å². The first-order chi connectivity index (χ1) is 34.0. The van der Waals surface area contributed by atoms with E-state index in [0.717, 1.165) is 33.4 Å². The largest absolute Gasteiger partial charge is 0.459 e. The molecule has 4 N–H and O–H groups in total. The molecule has 11 nitrogen and oxygen atoms in total. The van der Waals surface area contributed by atoms with Gasteiger partial charge in [-0.3, -0.25) is 19.2 Å². The van der Waals surface area contributed by atoms with Crippen molar-refractivity contribution in [2.45, 2.75) is 87.3 Å². The molecule has 0 fully saturated rings. The monoisotopic (exact) mass is 992 g/mol. The Kier molecular flexibility index (Phi) is 19.1. The number of carbonyl (C=O) groups excluding carboxylic acids is 5. The highest BCUT2D eigenvalue weighted by Crippen LogP contribution is 2.48. The van der Waals surface area contributed by atoms with Crippen molar-refractivity contribution in [3.8, 4) is 0 Å². The predicted molar refractivity (Wildman–Crippen MR) is 285 cm³/mol. The van der Waals surface area contributed by atoms with E-state index in [9.17, 15) is 19.2 Å². The molecule has 0 radical (unpaired) electrons. The first kappa shape index (κ1) is 53.5. The minimum Gasteiger partial charge on any atom is -0.459 e. The zero-order valence-corrected chi connectivity index (χ0v) is 42.8. The molecule has 3 atom stereocenters. The molecule has 6 aromatic carbocycles. The Morgan fingerprint density at radius 3 is 1.30 bits per heavy atom. The van der Waals surface area contributed by atoms with Crippen molar-refractivity contribution in [1.29, 1.82) is 0 Å². The third-order valence-electron chi connectivity index (χ3n) is 11.0. The molecular formula is C58H64N4O7S2. The van der Waals surface area contributed by atoms with Gasteiger partial charge in [0, 0.05) is 17.9 Å². The number of carbonyl (C=O) groups is 5. The van der Waals surface area contributed by atoms with E-state index >= 15 is 4.79 Å². The van der Waals surface area contributed by atoms with Crippen molar-refractivity contribution >= 4 is 53.3 Å². The summed E-state index contributed by atoms with van der Waals surface area (Å²) >= 11 is 2.93.